The monoisotopic (exact) mass is 264 g/mol. The number of amides is 2. The Kier molecular flexibility index (Phi) is 3.21. The Morgan fingerprint density at radius 3 is 2.21 bits per heavy atom. The van der Waals surface area contributed by atoms with Crippen molar-refractivity contribution in [2.24, 2.45) is 23.7 Å². The summed E-state index contributed by atoms with van der Waals surface area (Å²) in [5.41, 5.74) is 0. The molecule has 4 rings (SSSR count). The van der Waals surface area contributed by atoms with Gasteiger partial charge in [0.2, 0.25) is 0 Å². The number of hydrogen-bond acceptors (Lipinski definition) is 2. The Morgan fingerprint density at radius 1 is 1.16 bits per heavy atom. The van der Waals surface area contributed by atoms with Crippen LogP contribution in [0.5, 0.6) is 0 Å². The van der Waals surface area contributed by atoms with E-state index in [4.69, 9.17) is 5.11 Å². The molecule has 5 heteroatoms. The van der Waals surface area contributed by atoms with Crippen LogP contribution in [0.25, 0.3) is 0 Å². The molecule has 3 aliphatic carbocycles. The van der Waals surface area contributed by atoms with Crippen molar-refractivity contribution in [3.8, 4) is 0 Å². The normalized spacial score (nSPS) is 35.3. The number of aliphatic carboxylic acids is 1. The van der Waals surface area contributed by atoms with Gasteiger partial charge in [0.25, 0.3) is 0 Å². The number of carboxylic acids is 1. The average Bonchev–Trinajstić information content (AvgIpc) is 2.86. The number of carbonyl (C=O) groups excluding carboxylic acids is 1. The number of carboxylic acid groups (broad SMARTS) is 1. The second-order valence-corrected chi connectivity index (χ2v) is 5.90. The Balaban J connectivity index is 1.55. The molecule has 5 nitrogen and oxygen atoms in total. The van der Waals surface area contributed by atoms with Gasteiger partial charge in [0.1, 0.15) is 0 Å². The highest BCUT2D eigenvalue weighted by Gasteiger charge is 2.46. The lowest BCUT2D eigenvalue weighted by atomic mass is 9.64. The first-order valence-electron chi connectivity index (χ1n) is 7.08. The molecule has 4 aliphatic rings. The number of fused-ring (bicyclic) bond motifs is 1. The van der Waals surface area contributed by atoms with Crippen molar-refractivity contribution in [1.29, 1.82) is 0 Å². The number of hydrogen-bond donors (Lipinski definition) is 2. The third-order valence-electron chi connectivity index (χ3n) is 4.85. The van der Waals surface area contributed by atoms with Gasteiger partial charge in [0.05, 0.1) is 6.42 Å². The number of nitrogens with one attached hydrogen (secondary N) is 1. The average molecular weight is 264 g/mol. The lowest BCUT2D eigenvalue weighted by Gasteiger charge is -2.40. The van der Waals surface area contributed by atoms with Crippen molar-refractivity contribution < 1.29 is 14.7 Å². The Bertz CT molecular complexity index is 399. The standard InChI is InChI=1S/C14H20N2O3/c17-13(18)5-6-15-14(19)16-7-11-9-1-2-10(4-3-9)12(11)8-16/h1-2,9-12H,3-8H2,(H,15,19)(H,17,18). The van der Waals surface area contributed by atoms with Gasteiger partial charge in [0.15, 0.2) is 0 Å². The number of rotatable bonds is 3. The van der Waals surface area contributed by atoms with Gasteiger partial charge in [-0.25, -0.2) is 4.79 Å². The molecule has 1 saturated carbocycles. The first kappa shape index (κ1) is 12.5. The first-order valence-corrected chi connectivity index (χ1v) is 7.08. The summed E-state index contributed by atoms with van der Waals surface area (Å²) in [5.74, 6) is 1.65. The largest absolute Gasteiger partial charge is 0.481 e. The Hall–Kier alpha value is -1.52. The van der Waals surface area contributed by atoms with Crippen LogP contribution < -0.4 is 5.32 Å². The van der Waals surface area contributed by atoms with Gasteiger partial charge < -0.3 is 15.3 Å². The second kappa shape index (κ2) is 4.87. The van der Waals surface area contributed by atoms with Gasteiger partial charge in [-0.2, -0.15) is 0 Å². The maximum atomic E-state index is 12.0. The van der Waals surface area contributed by atoms with E-state index in [-0.39, 0.29) is 19.0 Å². The minimum atomic E-state index is -0.877. The van der Waals surface area contributed by atoms with Crippen LogP contribution >= 0.6 is 0 Å². The van der Waals surface area contributed by atoms with Crippen molar-refractivity contribution >= 4 is 12.0 Å². The van der Waals surface area contributed by atoms with Gasteiger partial charge in [0, 0.05) is 19.6 Å². The number of urea groups is 1. The molecule has 2 amide bonds. The number of likely N-dealkylation sites (tertiary alicyclic amines) is 1. The fourth-order valence-corrected chi connectivity index (χ4v) is 3.89. The molecule has 4 atom stereocenters. The van der Waals surface area contributed by atoms with Crippen molar-refractivity contribution in [1.82, 2.24) is 10.2 Å². The molecule has 1 heterocycles. The molecule has 1 saturated heterocycles. The molecule has 0 aromatic carbocycles. The molecule has 0 aromatic rings. The number of carbonyl (C=O) groups is 2. The maximum absolute atomic E-state index is 12.0. The molecule has 0 radical (unpaired) electrons. The number of nitrogens with zero attached hydrogens (tertiary/aromatic N) is 1. The molecule has 0 spiro atoms. The van der Waals surface area contributed by atoms with E-state index >= 15 is 0 Å². The van der Waals surface area contributed by atoms with Gasteiger partial charge in [-0.15, -0.1) is 0 Å². The topological polar surface area (TPSA) is 69.6 Å². The van der Waals surface area contributed by atoms with Gasteiger partial charge in [-0.05, 0) is 36.5 Å². The van der Waals surface area contributed by atoms with E-state index < -0.39 is 5.97 Å². The lowest BCUT2D eigenvalue weighted by molar-refractivity contribution is -0.136. The van der Waals surface area contributed by atoms with E-state index in [2.05, 4.69) is 17.5 Å². The maximum Gasteiger partial charge on any atom is 0.317 e. The van der Waals surface area contributed by atoms with E-state index in [0.29, 0.717) is 23.7 Å². The quantitative estimate of drug-likeness (QED) is 0.755. The summed E-state index contributed by atoms with van der Waals surface area (Å²) < 4.78 is 0. The third kappa shape index (κ3) is 2.33. The minimum Gasteiger partial charge on any atom is -0.481 e. The molecule has 104 valence electrons. The zero-order chi connectivity index (χ0) is 13.4. The predicted octanol–water partition coefficient (Wildman–Crippen LogP) is 1.31. The zero-order valence-electron chi connectivity index (χ0n) is 10.9. The van der Waals surface area contributed by atoms with Crippen LogP contribution in [0.15, 0.2) is 12.2 Å². The van der Waals surface area contributed by atoms with Crippen molar-refractivity contribution in [2.75, 3.05) is 19.6 Å². The molecule has 2 N–H and O–H groups in total. The minimum absolute atomic E-state index is 0.0146. The van der Waals surface area contributed by atoms with E-state index in [1.165, 1.54) is 12.8 Å². The van der Waals surface area contributed by atoms with Crippen molar-refractivity contribution in [2.45, 2.75) is 19.3 Å². The molecular weight excluding hydrogens is 244 g/mol. The summed E-state index contributed by atoms with van der Waals surface area (Å²) in [6.07, 6.45) is 7.18. The fourth-order valence-electron chi connectivity index (χ4n) is 3.89. The van der Waals surface area contributed by atoms with Crippen LogP contribution in [-0.4, -0.2) is 41.6 Å². The zero-order valence-corrected chi connectivity index (χ0v) is 10.9. The molecular formula is C14H20N2O3. The summed E-state index contributed by atoms with van der Waals surface area (Å²) >= 11 is 0. The van der Waals surface area contributed by atoms with Crippen molar-refractivity contribution in [3.05, 3.63) is 12.2 Å². The predicted molar refractivity (Wildman–Crippen MR) is 69.6 cm³/mol. The Labute approximate surface area is 112 Å². The lowest BCUT2D eigenvalue weighted by Crippen LogP contribution is -2.39. The summed E-state index contributed by atoms with van der Waals surface area (Å²) in [6, 6.07) is -0.102. The fraction of sp³-hybridized carbons (Fsp3) is 0.714. The molecule has 0 aromatic heterocycles. The SMILES string of the molecule is O=C(O)CCNC(=O)N1CC2C3C=CC(CC3)C2C1. The van der Waals surface area contributed by atoms with E-state index in [9.17, 15) is 9.59 Å². The van der Waals surface area contributed by atoms with E-state index in [1.54, 1.807) is 0 Å². The van der Waals surface area contributed by atoms with Gasteiger partial charge in [-0.1, -0.05) is 12.2 Å². The summed E-state index contributed by atoms with van der Waals surface area (Å²) in [6.45, 7) is 1.87. The second-order valence-electron chi connectivity index (χ2n) is 5.90. The molecule has 2 bridgehead atoms. The highest BCUT2D eigenvalue weighted by molar-refractivity contribution is 5.75. The van der Waals surface area contributed by atoms with Crippen LogP contribution in [0.1, 0.15) is 19.3 Å². The molecule has 2 fully saturated rings. The van der Waals surface area contributed by atoms with Crippen molar-refractivity contribution in [3.63, 3.8) is 0 Å². The van der Waals surface area contributed by atoms with Crippen LogP contribution in [0, 0.1) is 23.7 Å². The van der Waals surface area contributed by atoms with E-state index in [1.807, 2.05) is 4.90 Å². The summed E-state index contributed by atoms with van der Waals surface area (Å²) in [5, 5.41) is 11.3. The summed E-state index contributed by atoms with van der Waals surface area (Å²) in [4.78, 5) is 24.3. The van der Waals surface area contributed by atoms with E-state index in [0.717, 1.165) is 13.1 Å². The van der Waals surface area contributed by atoms with Crippen LogP contribution in [-0.2, 0) is 4.79 Å². The third-order valence-corrected chi connectivity index (χ3v) is 4.85. The summed E-state index contributed by atoms with van der Waals surface area (Å²) in [7, 11) is 0. The molecule has 4 unspecified atom stereocenters. The van der Waals surface area contributed by atoms with Crippen LogP contribution in [0.4, 0.5) is 4.79 Å². The number of allylic oxidation sites excluding steroid dienone is 2. The molecule has 19 heavy (non-hydrogen) atoms. The van der Waals surface area contributed by atoms with Gasteiger partial charge >= 0.3 is 12.0 Å². The van der Waals surface area contributed by atoms with Gasteiger partial charge in [-0.3, -0.25) is 4.79 Å². The smallest absolute Gasteiger partial charge is 0.317 e. The van der Waals surface area contributed by atoms with Crippen LogP contribution in [0.3, 0.4) is 0 Å². The van der Waals surface area contributed by atoms with Crippen LogP contribution in [0.2, 0.25) is 0 Å². The first-order chi connectivity index (χ1) is 9.15. The Morgan fingerprint density at radius 2 is 1.74 bits per heavy atom. The highest BCUT2D eigenvalue weighted by atomic mass is 16.4. The highest BCUT2D eigenvalue weighted by Crippen LogP contribution is 2.48. The molecule has 1 aliphatic heterocycles.